The second-order valence-corrected chi connectivity index (χ2v) is 7.99. The third-order valence-electron chi connectivity index (χ3n) is 5.32. The first-order valence-corrected chi connectivity index (χ1v) is 10.6. The summed E-state index contributed by atoms with van der Waals surface area (Å²) < 4.78 is 0. The minimum Gasteiger partial charge on any atom is -0.368 e. The lowest BCUT2D eigenvalue weighted by Gasteiger charge is -2.37. The Balaban J connectivity index is 1.46. The van der Waals surface area contributed by atoms with Crippen molar-refractivity contribution in [3.05, 3.63) is 76.9 Å². The number of piperazine rings is 1. The van der Waals surface area contributed by atoms with Crippen molar-refractivity contribution in [3.8, 4) is 11.5 Å². The molecule has 2 aromatic heterocycles. The van der Waals surface area contributed by atoms with Crippen molar-refractivity contribution in [2.45, 2.75) is 0 Å². The summed E-state index contributed by atoms with van der Waals surface area (Å²) in [5, 5.41) is 2.21. The zero-order chi connectivity index (χ0) is 20.5. The number of hydrogen-bond donors (Lipinski definition) is 0. The minimum absolute atomic E-state index is 0.577. The first-order valence-electron chi connectivity index (χ1n) is 9.82. The molecule has 1 aliphatic rings. The number of benzene rings is 2. The minimum atomic E-state index is 0.577. The molecule has 1 fully saturated rings. The molecule has 5 nitrogen and oxygen atoms in total. The number of para-hydroxylation sites is 1. The maximum atomic E-state index is 6.21. The van der Waals surface area contributed by atoms with Crippen LogP contribution in [0.5, 0.6) is 0 Å². The van der Waals surface area contributed by atoms with E-state index < -0.39 is 0 Å². The van der Waals surface area contributed by atoms with Crippen LogP contribution in [0.4, 0.5) is 11.5 Å². The van der Waals surface area contributed by atoms with E-state index in [2.05, 4.69) is 20.9 Å². The van der Waals surface area contributed by atoms with Crippen LogP contribution in [-0.2, 0) is 0 Å². The molecular formula is C23H19Cl2N5. The zero-order valence-electron chi connectivity index (χ0n) is 16.2. The molecule has 0 atom stereocenters. The number of rotatable bonds is 3. The van der Waals surface area contributed by atoms with Gasteiger partial charge in [0.25, 0.3) is 0 Å². The van der Waals surface area contributed by atoms with Gasteiger partial charge in [0.1, 0.15) is 11.5 Å². The number of pyridine rings is 1. The average molecular weight is 436 g/mol. The van der Waals surface area contributed by atoms with E-state index in [4.69, 9.17) is 33.2 Å². The lowest BCUT2D eigenvalue weighted by molar-refractivity contribution is 0.649. The van der Waals surface area contributed by atoms with Gasteiger partial charge < -0.3 is 9.80 Å². The number of halogens is 2. The van der Waals surface area contributed by atoms with Crippen LogP contribution in [0.15, 0.2) is 66.9 Å². The van der Waals surface area contributed by atoms with Crippen LogP contribution in [0.1, 0.15) is 0 Å². The number of anilines is 2. The SMILES string of the molecule is Clc1ccc(N2CCN(c3nc(-c4ccccn4)nc4ccccc34)CC2)cc1Cl. The fourth-order valence-electron chi connectivity index (χ4n) is 3.77. The van der Waals surface area contributed by atoms with Gasteiger partial charge in [-0.3, -0.25) is 4.98 Å². The van der Waals surface area contributed by atoms with Crippen molar-refractivity contribution in [2.24, 2.45) is 0 Å². The predicted octanol–water partition coefficient (Wildman–Crippen LogP) is 5.33. The van der Waals surface area contributed by atoms with Gasteiger partial charge in [0.15, 0.2) is 5.82 Å². The van der Waals surface area contributed by atoms with Crippen LogP contribution in [0, 0.1) is 0 Å². The van der Waals surface area contributed by atoms with Crippen molar-refractivity contribution in [2.75, 3.05) is 36.0 Å². The lowest BCUT2D eigenvalue weighted by Crippen LogP contribution is -2.47. The van der Waals surface area contributed by atoms with Gasteiger partial charge in [-0.25, -0.2) is 9.97 Å². The van der Waals surface area contributed by atoms with E-state index in [1.807, 2.05) is 54.6 Å². The molecule has 0 aliphatic carbocycles. The smallest absolute Gasteiger partial charge is 0.180 e. The average Bonchev–Trinajstić information content (AvgIpc) is 2.81. The highest BCUT2D eigenvalue weighted by atomic mass is 35.5. The summed E-state index contributed by atoms with van der Waals surface area (Å²) in [6.45, 7) is 3.44. The van der Waals surface area contributed by atoms with Crippen LogP contribution in [0.3, 0.4) is 0 Å². The summed E-state index contributed by atoms with van der Waals surface area (Å²) in [6.07, 6.45) is 1.77. The molecule has 3 heterocycles. The van der Waals surface area contributed by atoms with Crippen molar-refractivity contribution in [1.82, 2.24) is 15.0 Å². The Hall–Kier alpha value is -2.89. The zero-order valence-corrected chi connectivity index (χ0v) is 17.7. The van der Waals surface area contributed by atoms with E-state index in [1.165, 1.54) is 0 Å². The molecule has 2 aromatic carbocycles. The molecule has 0 amide bonds. The van der Waals surface area contributed by atoms with Gasteiger partial charge in [-0.1, -0.05) is 41.4 Å². The van der Waals surface area contributed by atoms with Crippen LogP contribution < -0.4 is 9.80 Å². The second-order valence-electron chi connectivity index (χ2n) is 7.18. The van der Waals surface area contributed by atoms with Gasteiger partial charge >= 0.3 is 0 Å². The van der Waals surface area contributed by atoms with Crippen molar-refractivity contribution in [3.63, 3.8) is 0 Å². The van der Waals surface area contributed by atoms with Gasteiger partial charge in [-0.15, -0.1) is 0 Å². The maximum Gasteiger partial charge on any atom is 0.180 e. The summed E-state index contributed by atoms with van der Waals surface area (Å²) >= 11 is 12.3. The first-order chi connectivity index (χ1) is 14.7. The maximum absolute atomic E-state index is 6.21. The molecule has 30 heavy (non-hydrogen) atoms. The topological polar surface area (TPSA) is 45.2 Å². The summed E-state index contributed by atoms with van der Waals surface area (Å²) in [4.78, 5) is 18.7. The Kier molecular flexibility index (Phi) is 5.15. The Morgan fingerprint density at radius 2 is 1.50 bits per heavy atom. The molecule has 0 spiro atoms. The summed E-state index contributed by atoms with van der Waals surface area (Å²) in [7, 11) is 0. The Morgan fingerprint density at radius 1 is 0.733 bits per heavy atom. The lowest BCUT2D eigenvalue weighted by atomic mass is 10.2. The van der Waals surface area contributed by atoms with Crippen LogP contribution in [0.25, 0.3) is 22.4 Å². The molecule has 1 saturated heterocycles. The summed E-state index contributed by atoms with van der Waals surface area (Å²) in [6, 6.07) is 19.7. The van der Waals surface area contributed by atoms with Gasteiger partial charge in [0.2, 0.25) is 0 Å². The fraction of sp³-hybridized carbons (Fsp3) is 0.174. The first kappa shape index (κ1) is 19.1. The van der Waals surface area contributed by atoms with E-state index in [0.29, 0.717) is 15.9 Å². The number of hydrogen-bond acceptors (Lipinski definition) is 5. The molecule has 5 rings (SSSR count). The summed E-state index contributed by atoms with van der Waals surface area (Å²) in [5.74, 6) is 1.60. The quantitative estimate of drug-likeness (QED) is 0.435. The standard InChI is InChI=1S/C23H19Cl2N5/c24-18-9-8-16(15-19(18)25)29-11-13-30(14-12-29)23-17-5-1-2-6-20(17)27-22(28-23)21-7-3-4-10-26-21/h1-10,15H,11-14H2. The summed E-state index contributed by atoms with van der Waals surface area (Å²) in [5.41, 5.74) is 2.79. The predicted molar refractivity (Wildman–Crippen MR) is 124 cm³/mol. The monoisotopic (exact) mass is 435 g/mol. The van der Waals surface area contributed by atoms with Crippen molar-refractivity contribution < 1.29 is 0 Å². The normalized spacial score (nSPS) is 14.3. The molecule has 0 radical (unpaired) electrons. The van der Waals surface area contributed by atoms with E-state index in [1.54, 1.807) is 6.20 Å². The molecule has 150 valence electrons. The van der Waals surface area contributed by atoms with E-state index in [9.17, 15) is 0 Å². The van der Waals surface area contributed by atoms with Crippen LogP contribution in [-0.4, -0.2) is 41.1 Å². The van der Waals surface area contributed by atoms with Crippen LogP contribution >= 0.6 is 23.2 Å². The van der Waals surface area contributed by atoms with Gasteiger partial charge in [0.05, 0.1) is 15.6 Å². The number of aromatic nitrogens is 3. The van der Waals surface area contributed by atoms with Crippen molar-refractivity contribution >= 4 is 45.6 Å². The Labute approximate surface area is 184 Å². The Morgan fingerprint density at radius 3 is 2.27 bits per heavy atom. The second kappa shape index (κ2) is 8.09. The number of nitrogens with zero attached hydrogens (tertiary/aromatic N) is 5. The fourth-order valence-corrected chi connectivity index (χ4v) is 4.06. The van der Waals surface area contributed by atoms with E-state index in [-0.39, 0.29) is 0 Å². The molecule has 0 N–H and O–H groups in total. The molecule has 0 saturated carbocycles. The third kappa shape index (κ3) is 3.66. The van der Waals surface area contributed by atoms with Gasteiger partial charge in [-0.05, 0) is 42.5 Å². The molecule has 4 aromatic rings. The Bertz CT molecular complexity index is 1190. The molecular weight excluding hydrogens is 417 g/mol. The molecule has 7 heteroatoms. The molecule has 1 aliphatic heterocycles. The highest BCUT2D eigenvalue weighted by Crippen LogP contribution is 2.30. The van der Waals surface area contributed by atoms with Crippen LogP contribution in [0.2, 0.25) is 10.0 Å². The molecule has 0 unspecified atom stereocenters. The molecule has 0 bridgehead atoms. The highest BCUT2D eigenvalue weighted by molar-refractivity contribution is 6.42. The van der Waals surface area contributed by atoms with Crippen molar-refractivity contribution in [1.29, 1.82) is 0 Å². The highest BCUT2D eigenvalue weighted by Gasteiger charge is 2.22. The van der Waals surface area contributed by atoms with Gasteiger partial charge in [-0.2, -0.15) is 0 Å². The third-order valence-corrected chi connectivity index (χ3v) is 6.06. The largest absolute Gasteiger partial charge is 0.368 e. The van der Waals surface area contributed by atoms with E-state index >= 15 is 0 Å². The number of fused-ring (bicyclic) bond motifs is 1. The van der Waals surface area contributed by atoms with Gasteiger partial charge in [0, 0.05) is 43.4 Å². The van der Waals surface area contributed by atoms with E-state index in [0.717, 1.165) is 54.3 Å².